The van der Waals surface area contributed by atoms with Crippen molar-refractivity contribution >= 4 is 0 Å². The first-order valence-electron chi connectivity index (χ1n) is 18.2. The van der Waals surface area contributed by atoms with Gasteiger partial charge < -0.3 is 23.7 Å². The number of rotatable bonds is 7. The normalized spacial score (nSPS) is 46.3. The summed E-state index contributed by atoms with van der Waals surface area (Å²) >= 11 is 0. The lowest BCUT2D eigenvalue weighted by molar-refractivity contribution is -0.558. The summed E-state index contributed by atoms with van der Waals surface area (Å²) in [4.78, 5) is 25.2. The summed E-state index contributed by atoms with van der Waals surface area (Å²) in [6.07, 6.45) is -7.80. The van der Waals surface area contributed by atoms with Crippen molar-refractivity contribution in [2.75, 3.05) is 33.4 Å². The molecule has 4 bridgehead atoms. The highest BCUT2D eigenvalue weighted by molar-refractivity contribution is 5.30. The van der Waals surface area contributed by atoms with E-state index >= 15 is 0 Å². The Balaban J connectivity index is 1.01. The van der Waals surface area contributed by atoms with Gasteiger partial charge in [-0.15, -0.1) is 0 Å². The Kier molecular flexibility index (Phi) is 8.67. The highest BCUT2D eigenvalue weighted by Gasteiger charge is 2.72. The third kappa shape index (κ3) is 5.67. The lowest BCUT2D eigenvalue weighted by Gasteiger charge is -2.57. The molecule has 10 aliphatic rings. The van der Waals surface area contributed by atoms with Gasteiger partial charge in [-0.1, -0.05) is 13.8 Å². The number of halogens is 6. The van der Waals surface area contributed by atoms with E-state index in [0.29, 0.717) is 51.4 Å². The topological polar surface area (TPSA) is 86.3 Å². The molecule has 51 heavy (non-hydrogen) atoms. The molecule has 8 fully saturated rings. The summed E-state index contributed by atoms with van der Waals surface area (Å²) < 4.78 is 117. The van der Waals surface area contributed by atoms with E-state index in [1.54, 1.807) is 25.8 Å². The maximum Gasteiger partial charge on any atom is 0.449 e. The summed E-state index contributed by atoms with van der Waals surface area (Å²) in [5, 5.41) is 0. The molecule has 2 aliphatic carbocycles. The SMILES string of the molecule is C[C@@H]1CC[C@H]2C(COCCN(C)CC3=C(C(F)(F)F)O[C@@H]4O[C@]5(C)CCC6[C@H](C)CC[C@@H]3[C@]64OO5)=C(C(F)(F)F)O[C@@H]3O[C@]4(C)CCC1[C@]32OO4. The minimum atomic E-state index is -4.82. The summed E-state index contributed by atoms with van der Waals surface area (Å²) in [6.45, 7) is 6.94. The molecule has 0 aromatic rings. The second-order valence-corrected chi connectivity index (χ2v) is 16.4. The van der Waals surface area contributed by atoms with Gasteiger partial charge in [0, 0.05) is 55.2 Å². The van der Waals surface area contributed by atoms with Gasteiger partial charge in [0.2, 0.25) is 35.7 Å². The van der Waals surface area contributed by atoms with Crippen LogP contribution in [-0.2, 0) is 43.2 Å². The van der Waals surface area contributed by atoms with Crippen molar-refractivity contribution < 1.29 is 69.6 Å². The average Bonchev–Trinajstić information content (AvgIpc) is 3.42. The molecule has 16 heteroatoms. The molecule has 12 atom stereocenters. The van der Waals surface area contributed by atoms with E-state index in [-0.39, 0.29) is 54.5 Å². The molecule has 6 saturated heterocycles. The van der Waals surface area contributed by atoms with Crippen LogP contribution in [0.3, 0.4) is 0 Å². The zero-order chi connectivity index (χ0) is 36.4. The van der Waals surface area contributed by atoms with Crippen LogP contribution >= 0.6 is 0 Å². The fraction of sp³-hybridized carbons (Fsp3) is 0.886. The van der Waals surface area contributed by atoms with Gasteiger partial charge in [0.1, 0.15) is 0 Å². The second kappa shape index (κ2) is 12.2. The molecule has 0 aromatic carbocycles. The zero-order valence-electron chi connectivity index (χ0n) is 29.5. The zero-order valence-corrected chi connectivity index (χ0v) is 29.5. The molecule has 2 unspecified atom stereocenters. The van der Waals surface area contributed by atoms with Crippen LogP contribution in [0.25, 0.3) is 0 Å². The van der Waals surface area contributed by atoms with E-state index in [1.165, 1.54) is 0 Å². The number of alkyl halides is 6. The van der Waals surface area contributed by atoms with Crippen molar-refractivity contribution in [2.45, 2.75) is 127 Å². The Morgan fingerprint density at radius 2 is 1.16 bits per heavy atom. The van der Waals surface area contributed by atoms with Gasteiger partial charge in [0.15, 0.2) is 11.2 Å². The maximum absolute atomic E-state index is 14.6. The van der Waals surface area contributed by atoms with Crippen molar-refractivity contribution in [2.24, 2.45) is 35.5 Å². The van der Waals surface area contributed by atoms with E-state index < -0.39 is 77.7 Å². The van der Waals surface area contributed by atoms with Crippen molar-refractivity contribution in [3.05, 3.63) is 22.7 Å². The van der Waals surface area contributed by atoms with Crippen molar-refractivity contribution in [1.82, 2.24) is 4.90 Å². The smallest absolute Gasteiger partial charge is 0.449 e. The van der Waals surface area contributed by atoms with Gasteiger partial charge in [0.25, 0.3) is 0 Å². The number of hydrogen-bond acceptors (Lipinski definition) is 10. The number of hydrogen-bond donors (Lipinski definition) is 0. The molecular weight excluding hydrogens is 692 g/mol. The van der Waals surface area contributed by atoms with Gasteiger partial charge in [-0.3, -0.25) is 4.90 Å². The predicted molar refractivity (Wildman–Crippen MR) is 162 cm³/mol. The molecule has 8 heterocycles. The van der Waals surface area contributed by atoms with Crippen LogP contribution in [0.4, 0.5) is 26.3 Å². The molecule has 0 amide bonds. The Morgan fingerprint density at radius 3 is 1.65 bits per heavy atom. The highest BCUT2D eigenvalue weighted by atomic mass is 19.4. The molecule has 2 saturated carbocycles. The van der Waals surface area contributed by atoms with E-state index in [2.05, 4.69) is 13.8 Å². The van der Waals surface area contributed by atoms with Gasteiger partial charge in [-0.2, -0.15) is 26.3 Å². The highest BCUT2D eigenvalue weighted by Crippen LogP contribution is 2.63. The largest absolute Gasteiger partial charge is 0.456 e. The fourth-order valence-corrected chi connectivity index (χ4v) is 10.6. The van der Waals surface area contributed by atoms with E-state index in [1.807, 2.05) is 0 Å². The summed E-state index contributed by atoms with van der Waals surface area (Å²) in [6, 6.07) is 0. The average molecular weight is 740 g/mol. The standard InChI is InChI=1S/C35H47F6NO9/c1-18-6-8-24-20(26(34(36,37)38)44-28-32(24)22(18)10-12-30(3,46-28)48-50-32)16-42(5)14-15-43-17-21-25-9-7-19(2)23-11-13-31(4)47-29(33(23,25)51-49-31)45-27(21)35(39,40)41/h18-19,22-25,28-29H,6-17H2,1-5H3/t18-,19-,22?,23?,24+,25+,28-,29-,30+,31+,32-,33-/m1/s1. The van der Waals surface area contributed by atoms with E-state index in [0.717, 1.165) is 0 Å². The number of ether oxygens (including phenoxy) is 5. The van der Waals surface area contributed by atoms with Crippen LogP contribution in [0.1, 0.15) is 79.1 Å². The quantitative estimate of drug-likeness (QED) is 0.154. The van der Waals surface area contributed by atoms with Crippen LogP contribution in [0.15, 0.2) is 22.7 Å². The predicted octanol–water partition coefficient (Wildman–Crippen LogP) is 7.06. The van der Waals surface area contributed by atoms with Gasteiger partial charge in [-0.25, -0.2) is 19.6 Å². The maximum atomic E-state index is 14.6. The number of fused-ring (bicyclic) bond motifs is 4. The molecule has 0 radical (unpaired) electrons. The summed E-state index contributed by atoms with van der Waals surface area (Å²) in [7, 11) is 1.64. The molecule has 8 aliphatic heterocycles. The third-order valence-corrected chi connectivity index (χ3v) is 13.1. The number of nitrogens with zero attached hydrogens (tertiary/aromatic N) is 1. The Morgan fingerprint density at radius 1 is 0.686 bits per heavy atom. The number of likely N-dealkylation sites (N-methyl/N-ethyl adjacent to an activating group) is 1. The molecule has 0 aromatic heterocycles. The lowest BCUT2D eigenvalue weighted by Crippen LogP contribution is -2.67. The van der Waals surface area contributed by atoms with Crippen molar-refractivity contribution in [3.63, 3.8) is 0 Å². The Bertz CT molecular complexity index is 1460. The number of allylic oxidation sites excluding steroid dienone is 2. The van der Waals surface area contributed by atoms with Gasteiger partial charge >= 0.3 is 12.4 Å². The van der Waals surface area contributed by atoms with Crippen molar-refractivity contribution in [3.8, 4) is 0 Å². The molecule has 288 valence electrons. The van der Waals surface area contributed by atoms with Crippen LogP contribution in [0, 0.1) is 35.5 Å². The van der Waals surface area contributed by atoms with E-state index in [9.17, 15) is 26.3 Å². The summed E-state index contributed by atoms with van der Waals surface area (Å²) in [5.74, 6) is -6.12. The third-order valence-electron chi connectivity index (χ3n) is 13.1. The van der Waals surface area contributed by atoms with Gasteiger partial charge in [0.05, 0.1) is 13.2 Å². The Hall–Kier alpha value is -1.66. The second-order valence-electron chi connectivity index (χ2n) is 16.4. The first-order valence-corrected chi connectivity index (χ1v) is 18.2. The van der Waals surface area contributed by atoms with Crippen LogP contribution in [0.2, 0.25) is 0 Å². The molecular formula is C35H47F6NO9. The van der Waals surface area contributed by atoms with Crippen LogP contribution < -0.4 is 0 Å². The lowest BCUT2D eigenvalue weighted by atomic mass is 9.59. The van der Waals surface area contributed by atoms with Gasteiger partial charge in [-0.05, 0) is 76.8 Å². The monoisotopic (exact) mass is 739 g/mol. The fourth-order valence-electron chi connectivity index (χ4n) is 10.6. The van der Waals surface area contributed by atoms with Crippen LogP contribution in [0.5, 0.6) is 0 Å². The summed E-state index contributed by atoms with van der Waals surface area (Å²) in [5.41, 5.74) is -2.54. The molecule has 10 rings (SSSR count). The minimum Gasteiger partial charge on any atom is -0.456 e. The van der Waals surface area contributed by atoms with E-state index in [4.69, 9.17) is 43.2 Å². The first-order chi connectivity index (χ1) is 23.9. The molecule has 10 nitrogen and oxygen atoms in total. The van der Waals surface area contributed by atoms with Crippen molar-refractivity contribution in [1.29, 1.82) is 0 Å². The first kappa shape index (κ1) is 36.3. The Labute approximate surface area is 292 Å². The van der Waals surface area contributed by atoms with Crippen LogP contribution in [-0.4, -0.2) is 86.0 Å². The minimum absolute atomic E-state index is 0.0425. The molecule has 0 N–H and O–H groups in total. The molecule has 2 spiro atoms.